The van der Waals surface area contributed by atoms with Gasteiger partial charge in [0.1, 0.15) is 5.78 Å². The Labute approximate surface area is 83.1 Å². The molecule has 0 aromatic carbocycles. The molecule has 2 N–H and O–H groups in total. The van der Waals surface area contributed by atoms with Crippen LogP contribution in [0.15, 0.2) is 0 Å². The summed E-state index contributed by atoms with van der Waals surface area (Å²) >= 11 is 0. The van der Waals surface area contributed by atoms with Crippen LogP contribution in [0.4, 0.5) is 0 Å². The van der Waals surface area contributed by atoms with E-state index >= 15 is 0 Å². The second kappa shape index (κ2) is 2.39. The van der Waals surface area contributed by atoms with Crippen molar-refractivity contribution in [2.24, 2.45) is 29.1 Å². The molecule has 3 heteroatoms. The lowest BCUT2D eigenvalue weighted by molar-refractivity contribution is -0.120. The Hall–Kier alpha value is -0.410. The lowest BCUT2D eigenvalue weighted by Gasteiger charge is -2.23. The summed E-state index contributed by atoms with van der Waals surface area (Å²) in [5.74, 6) is 1.73. The largest absolute Gasteiger partial charge is 0.394 e. The SMILES string of the molecule is C[C@@]12CC(=O)[C@H]3[C@H]([C@@H]31)[C@H](C(O)CO)C2. The van der Waals surface area contributed by atoms with Crippen molar-refractivity contribution >= 4 is 5.78 Å². The first-order chi connectivity index (χ1) is 6.58. The number of fused-ring (bicyclic) bond motifs is 1. The van der Waals surface area contributed by atoms with Gasteiger partial charge in [0.15, 0.2) is 0 Å². The van der Waals surface area contributed by atoms with E-state index in [2.05, 4.69) is 6.92 Å². The van der Waals surface area contributed by atoms with Crippen molar-refractivity contribution in [2.75, 3.05) is 6.61 Å². The molecular formula is C11H16O3. The minimum Gasteiger partial charge on any atom is -0.394 e. The van der Waals surface area contributed by atoms with Gasteiger partial charge in [0, 0.05) is 12.3 Å². The average Bonchev–Trinajstić information content (AvgIpc) is 2.76. The molecule has 0 heterocycles. The standard InChI is InChI=1S/C11H16O3/c1-11-2-5(7(14)4-12)8-9(10(8)11)6(13)3-11/h5,7-10,12,14H,2-4H2,1H3/t5-,7?,8+,9-,10-,11+/m0/s1. The van der Waals surface area contributed by atoms with E-state index in [0.29, 0.717) is 24.0 Å². The van der Waals surface area contributed by atoms with Crippen molar-refractivity contribution < 1.29 is 15.0 Å². The summed E-state index contributed by atoms with van der Waals surface area (Å²) in [6, 6.07) is 0. The predicted octanol–water partition coefficient (Wildman–Crippen LogP) is 0.201. The van der Waals surface area contributed by atoms with Crippen LogP contribution in [0.3, 0.4) is 0 Å². The van der Waals surface area contributed by atoms with Gasteiger partial charge in [-0.2, -0.15) is 0 Å². The number of carbonyl (C=O) groups excluding carboxylic acids is 1. The lowest BCUT2D eigenvalue weighted by atomic mass is 9.83. The van der Waals surface area contributed by atoms with Gasteiger partial charge in [-0.25, -0.2) is 0 Å². The van der Waals surface area contributed by atoms with Gasteiger partial charge >= 0.3 is 0 Å². The maximum Gasteiger partial charge on any atom is 0.137 e. The van der Waals surface area contributed by atoms with Crippen LogP contribution in [0.1, 0.15) is 19.8 Å². The minimum absolute atomic E-state index is 0.146. The summed E-state index contributed by atoms with van der Waals surface area (Å²) in [5.41, 5.74) is 0.146. The number of aliphatic hydroxyl groups excluding tert-OH is 2. The van der Waals surface area contributed by atoms with Crippen molar-refractivity contribution in [3.63, 3.8) is 0 Å². The zero-order chi connectivity index (χ0) is 10.1. The molecule has 3 fully saturated rings. The maximum absolute atomic E-state index is 11.6. The van der Waals surface area contributed by atoms with E-state index in [0.717, 1.165) is 6.42 Å². The molecule has 6 atom stereocenters. The van der Waals surface area contributed by atoms with E-state index in [1.165, 1.54) is 0 Å². The van der Waals surface area contributed by atoms with Crippen LogP contribution in [0.25, 0.3) is 0 Å². The number of rotatable bonds is 2. The van der Waals surface area contributed by atoms with Crippen LogP contribution in [0.5, 0.6) is 0 Å². The van der Waals surface area contributed by atoms with Gasteiger partial charge in [0.2, 0.25) is 0 Å². The lowest BCUT2D eigenvalue weighted by Crippen LogP contribution is -2.26. The summed E-state index contributed by atoms with van der Waals surface area (Å²) in [5, 5.41) is 18.6. The van der Waals surface area contributed by atoms with E-state index in [-0.39, 0.29) is 23.9 Å². The Balaban J connectivity index is 1.87. The molecule has 3 rings (SSSR count). The summed E-state index contributed by atoms with van der Waals surface area (Å²) in [6.07, 6.45) is 1.01. The first kappa shape index (κ1) is 8.86. The number of hydrogen-bond acceptors (Lipinski definition) is 3. The van der Waals surface area contributed by atoms with E-state index in [4.69, 9.17) is 5.11 Å². The molecule has 1 unspecified atom stereocenters. The Kier molecular flexibility index (Phi) is 1.51. The Morgan fingerprint density at radius 1 is 1.64 bits per heavy atom. The van der Waals surface area contributed by atoms with Crippen LogP contribution in [0.2, 0.25) is 0 Å². The third kappa shape index (κ3) is 0.829. The third-order valence-electron chi connectivity index (χ3n) is 4.71. The summed E-state index contributed by atoms with van der Waals surface area (Å²) in [4.78, 5) is 11.6. The second-order valence-electron chi connectivity index (χ2n) is 5.54. The smallest absolute Gasteiger partial charge is 0.137 e. The van der Waals surface area contributed by atoms with Crippen LogP contribution < -0.4 is 0 Å². The average molecular weight is 196 g/mol. The molecular weight excluding hydrogens is 180 g/mol. The monoisotopic (exact) mass is 196 g/mol. The molecule has 0 spiro atoms. The van der Waals surface area contributed by atoms with E-state index < -0.39 is 6.10 Å². The highest BCUT2D eigenvalue weighted by molar-refractivity contribution is 5.89. The van der Waals surface area contributed by atoms with Gasteiger partial charge in [-0.1, -0.05) is 6.92 Å². The third-order valence-corrected chi connectivity index (χ3v) is 4.71. The molecule has 0 aliphatic heterocycles. The van der Waals surface area contributed by atoms with Crippen molar-refractivity contribution in [1.29, 1.82) is 0 Å². The maximum atomic E-state index is 11.6. The summed E-state index contributed by atoms with van der Waals surface area (Å²) < 4.78 is 0. The molecule has 14 heavy (non-hydrogen) atoms. The van der Waals surface area contributed by atoms with E-state index in [9.17, 15) is 9.90 Å². The minimum atomic E-state index is -0.611. The van der Waals surface area contributed by atoms with Crippen molar-refractivity contribution in [3.8, 4) is 0 Å². The highest BCUT2D eigenvalue weighted by atomic mass is 16.3. The number of Topliss-reactive ketones (excluding diaryl/α,β-unsaturated/α-hetero) is 1. The van der Waals surface area contributed by atoms with Gasteiger partial charge in [0.25, 0.3) is 0 Å². The fourth-order valence-corrected chi connectivity index (χ4v) is 4.22. The van der Waals surface area contributed by atoms with Crippen LogP contribution in [0, 0.1) is 29.1 Å². The van der Waals surface area contributed by atoms with Crippen molar-refractivity contribution in [2.45, 2.75) is 25.9 Å². The first-order valence-electron chi connectivity index (χ1n) is 5.40. The number of carbonyl (C=O) groups is 1. The summed E-state index contributed by atoms with van der Waals surface area (Å²) in [6.45, 7) is 2.00. The quantitative estimate of drug-likeness (QED) is 0.663. The van der Waals surface area contributed by atoms with Crippen LogP contribution in [-0.4, -0.2) is 28.7 Å². The Morgan fingerprint density at radius 3 is 2.86 bits per heavy atom. The molecule has 3 aliphatic carbocycles. The zero-order valence-electron chi connectivity index (χ0n) is 8.31. The topological polar surface area (TPSA) is 57.5 Å². The van der Waals surface area contributed by atoms with Crippen molar-refractivity contribution in [1.82, 2.24) is 0 Å². The zero-order valence-corrected chi connectivity index (χ0v) is 8.31. The van der Waals surface area contributed by atoms with Crippen LogP contribution in [-0.2, 0) is 4.79 Å². The predicted molar refractivity (Wildman–Crippen MR) is 49.4 cm³/mol. The molecule has 3 aliphatic rings. The fourth-order valence-electron chi connectivity index (χ4n) is 4.22. The molecule has 3 saturated carbocycles. The molecule has 78 valence electrons. The first-order valence-corrected chi connectivity index (χ1v) is 5.40. The molecule has 3 nitrogen and oxygen atoms in total. The van der Waals surface area contributed by atoms with E-state index in [1.807, 2.05) is 0 Å². The van der Waals surface area contributed by atoms with Gasteiger partial charge in [-0.3, -0.25) is 4.79 Å². The Bertz CT molecular complexity index is 301. The van der Waals surface area contributed by atoms with Crippen LogP contribution >= 0.6 is 0 Å². The number of aliphatic hydroxyl groups is 2. The van der Waals surface area contributed by atoms with Gasteiger partial charge in [0.05, 0.1) is 12.7 Å². The highest BCUT2D eigenvalue weighted by Gasteiger charge is 2.75. The Morgan fingerprint density at radius 2 is 2.36 bits per heavy atom. The molecule has 0 saturated heterocycles. The second-order valence-corrected chi connectivity index (χ2v) is 5.54. The normalized spacial score (nSPS) is 56.1. The molecule has 0 radical (unpaired) electrons. The number of ketones is 1. The highest BCUT2D eigenvalue weighted by Crippen LogP contribution is 2.75. The van der Waals surface area contributed by atoms with Gasteiger partial charge in [-0.05, 0) is 29.6 Å². The molecule has 0 aromatic heterocycles. The van der Waals surface area contributed by atoms with Gasteiger partial charge in [-0.15, -0.1) is 0 Å². The number of hydrogen-bond donors (Lipinski definition) is 2. The molecule has 0 amide bonds. The fraction of sp³-hybridized carbons (Fsp3) is 0.909. The molecule has 0 aromatic rings. The van der Waals surface area contributed by atoms with Gasteiger partial charge < -0.3 is 10.2 Å². The van der Waals surface area contributed by atoms with Crippen molar-refractivity contribution in [3.05, 3.63) is 0 Å². The molecule has 0 bridgehead atoms. The van der Waals surface area contributed by atoms with E-state index in [1.54, 1.807) is 0 Å². The summed E-state index contributed by atoms with van der Waals surface area (Å²) in [7, 11) is 0.